The second-order valence-corrected chi connectivity index (χ2v) is 8.94. The van der Waals surface area contributed by atoms with Crippen LogP contribution in [0.4, 0.5) is 5.00 Å². The maximum absolute atomic E-state index is 13.1. The van der Waals surface area contributed by atoms with Gasteiger partial charge in [0.1, 0.15) is 5.00 Å². The Balaban J connectivity index is 1.61. The summed E-state index contributed by atoms with van der Waals surface area (Å²) in [7, 11) is 0. The van der Waals surface area contributed by atoms with E-state index in [0.717, 1.165) is 55.4 Å². The predicted molar refractivity (Wildman–Crippen MR) is 101 cm³/mol. The monoisotopic (exact) mass is 391 g/mol. The largest absolute Gasteiger partial charge is 0.481 e. The van der Waals surface area contributed by atoms with Gasteiger partial charge in [-0.25, -0.2) is 4.79 Å². The van der Waals surface area contributed by atoms with Crippen LogP contribution in [0, 0.1) is 23.7 Å². The molecule has 0 radical (unpaired) electrons. The van der Waals surface area contributed by atoms with Gasteiger partial charge in [-0.3, -0.25) is 9.59 Å². The van der Waals surface area contributed by atoms with Gasteiger partial charge in [0.05, 0.1) is 24.0 Å². The molecule has 2 N–H and O–H groups in total. The summed E-state index contributed by atoms with van der Waals surface area (Å²) in [6.07, 6.45) is 6.36. The number of aryl methyl sites for hydroxylation is 1. The van der Waals surface area contributed by atoms with E-state index in [0.29, 0.717) is 10.6 Å². The smallest absolute Gasteiger partial charge is 0.341 e. The van der Waals surface area contributed by atoms with Gasteiger partial charge in [-0.15, -0.1) is 11.3 Å². The molecular formula is C20H25NO5S. The second-order valence-electron chi connectivity index (χ2n) is 7.84. The molecule has 1 heterocycles. The summed E-state index contributed by atoms with van der Waals surface area (Å²) >= 11 is 1.44. The van der Waals surface area contributed by atoms with Crippen LogP contribution in [0.3, 0.4) is 0 Å². The molecule has 0 aliphatic heterocycles. The number of thiophene rings is 1. The molecule has 7 heteroatoms. The van der Waals surface area contributed by atoms with Crippen molar-refractivity contribution in [2.24, 2.45) is 23.7 Å². The highest BCUT2D eigenvalue weighted by molar-refractivity contribution is 7.17. The molecule has 2 bridgehead atoms. The third kappa shape index (κ3) is 3.16. The van der Waals surface area contributed by atoms with Crippen LogP contribution < -0.4 is 5.32 Å². The van der Waals surface area contributed by atoms with E-state index in [2.05, 4.69) is 5.32 Å². The number of rotatable bonds is 5. The van der Waals surface area contributed by atoms with Gasteiger partial charge in [-0.05, 0) is 69.3 Å². The number of hydrogen-bond acceptors (Lipinski definition) is 5. The Kier molecular flexibility index (Phi) is 4.97. The molecule has 0 saturated heterocycles. The van der Waals surface area contributed by atoms with Gasteiger partial charge < -0.3 is 15.2 Å². The number of anilines is 1. The van der Waals surface area contributed by atoms with Crippen LogP contribution >= 0.6 is 11.3 Å². The minimum absolute atomic E-state index is 0.0844. The Labute approximate surface area is 162 Å². The fourth-order valence-corrected chi connectivity index (χ4v) is 6.57. The summed E-state index contributed by atoms with van der Waals surface area (Å²) in [6, 6.07) is 0. The fourth-order valence-electron chi connectivity index (χ4n) is 5.29. The number of esters is 1. The topological polar surface area (TPSA) is 92.7 Å². The molecule has 0 spiro atoms. The van der Waals surface area contributed by atoms with E-state index < -0.39 is 23.8 Å². The van der Waals surface area contributed by atoms with Crippen LogP contribution in [-0.2, 0) is 27.2 Å². The molecule has 3 saturated carbocycles. The van der Waals surface area contributed by atoms with Gasteiger partial charge in [-0.1, -0.05) is 0 Å². The lowest BCUT2D eigenvalue weighted by atomic mass is 9.58. The Morgan fingerprint density at radius 2 is 1.78 bits per heavy atom. The number of carboxylic acids is 1. The molecule has 27 heavy (non-hydrogen) atoms. The average Bonchev–Trinajstić information content (AvgIpc) is 3.22. The summed E-state index contributed by atoms with van der Waals surface area (Å²) in [5.74, 6) is -2.44. The highest BCUT2D eigenvalue weighted by Gasteiger charge is 2.50. The third-order valence-corrected chi connectivity index (χ3v) is 7.65. The van der Waals surface area contributed by atoms with Crippen molar-refractivity contribution in [2.45, 2.75) is 51.9 Å². The van der Waals surface area contributed by atoms with Gasteiger partial charge in [0.25, 0.3) is 0 Å². The molecule has 5 rings (SSSR count). The lowest BCUT2D eigenvalue weighted by Crippen LogP contribution is -2.49. The minimum Gasteiger partial charge on any atom is -0.481 e. The van der Waals surface area contributed by atoms with E-state index in [1.165, 1.54) is 11.3 Å². The number of hydrogen-bond donors (Lipinski definition) is 2. The van der Waals surface area contributed by atoms with Crippen molar-refractivity contribution >= 4 is 34.2 Å². The molecule has 4 aliphatic carbocycles. The van der Waals surface area contributed by atoms with Crippen molar-refractivity contribution in [3.63, 3.8) is 0 Å². The lowest BCUT2D eigenvalue weighted by Gasteiger charge is -2.45. The molecular weight excluding hydrogens is 366 g/mol. The summed E-state index contributed by atoms with van der Waals surface area (Å²) in [6.45, 7) is 2.04. The zero-order valence-electron chi connectivity index (χ0n) is 15.5. The number of carbonyl (C=O) groups excluding carboxylic acids is 2. The Morgan fingerprint density at radius 3 is 2.41 bits per heavy atom. The van der Waals surface area contributed by atoms with E-state index in [-0.39, 0.29) is 24.3 Å². The zero-order chi connectivity index (χ0) is 19.1. The zero-order valence-corrected chi connectivity index (χ0v) is 16.3. The molecule has 0 aromatic carbocycles. The number of aliphatic carboxylic acids is 1. The second kappa shape index (κ2) is 7.26. The van der Waals surface area contributed by atoms with Crippen molar-refractivity contribution in [3.05, 3.63) is 16.0 Å². The van der Waals surface area contributed by atoms with Gasteiger partial charge in [0.15, 0.2) is 0 Å². The number of fused-ring (bicyclic) bond motifs is 4. The van der Waals surface area contributed by atoms with E-state index in [1.54, 1.807) is 6.92 Å². The molecule has 4 aliphatic rings. The van der Waals surface area contributed by atoms with E-state index in [1.807, 2.05) is 0 Å². The molecule has 1 aromatic heterocycles. The highest BCUT2D eigenvalue weighted by Crippen LogP contribution is 2.50. The summed E-state index contributed by atoms with van der Waals surface area (Å²) in [4.78, 5) is 38.6. The number of carbonyl (C=O) groups is 3. The van der Waals surface area contributed by atoms with E-state index in [4.69, 9.17) is 4.74 Å². The summed E-state index contributed by atoms with van der Waals surface area (Å²) in [5.41, 5.74) is 1.48. The molecule has 1 aromatic rings. The number of amides is 1. The number of ether oxygens (including phenoxy) is 1. The standard InChI is InChI=1S/C20H25NO5S/c1-2-26-20(25)16-12-4-3-5-13(12)27-18(16)21-17(22)14-10-6-8-11(9-7-10)15(14)19(23)24/h10-11,14-15H,2-9H2,1H3,(H,21,22)(H,23,24)/t10?,11?,14-,15-/m0/s1. The first kappa shape index (κ1) is 18.5. The maximum atomic E-state index is 13.1. The van der Waals surface area contributed by atoms with Crippen molar-refractivity contribution < 1.29 is 24.2 Å². The summed E-state index contributed by atoms with van der Waals surface area (Å²) in [5, 5.41) is 13.2. The molecule has 1 amide bonds. The lowest BCUT2D eigenvalue weighted by molar-refractivity contribution is -0.156. The minimum atomic E-state index is -0.871. The predicted octanol–water partition coefficient (Wildman–Crippen LogP) is 3.49. The molecule has 3 fully saturated rings. The Morgan fingerprint density at radius 1 is 1.11 bits per heavy atom. The van der Waals surface area contributed by atoms with Crippen molar-refractivity contribution in [3.8, 4) is 0 Å². The SMILES string of the molecule is CCOC(=O)c1c(NC(=O)[C@H]2C3CCC(CC3)[C@@H]2C(=O)O)sc2c1CCC2. The normalized spacial score (nSPS) is 28.6. The van der Waals surface area contributed by atoms with Gasteiger partial charge in [-0.2, -0.15) is 0 Å². The van der Waals surface area contributed by atoms with Crippen LogP contribution in [0.15, 0.2) is 0 Å². The highest BCUT2D eigenvalue weighted by atomic mass is 32.1. The van der Waals surface area contributed by atoms with Crippen molar-refractivity contribution in [1.82, 2.24) is 0 Å². The maximum Gasteiger partial charge on any atom is 0.341 e. The fraction of sp³-hybridized carbons (Fsp3) is 0.650. The van der Waals surface area contributed by atoms with Crippen molar-refractivity contribution in [2.75, 3.05) is 11.9 Å². The number of nitrogens with one attached hydrogen (secondary N) is 1. The third-order valence-electron chi connectivity index (χ3n) is 6.44. The Hall–Kier alpha value is -1.89. The molecule has 6 nitrogen and oxygen atoms in total. The molecule has 2 atom stereocenters. The quantitative estimate of drug-likeness (QED) is 0.750. The van der Waals surface area contributed by atoms with Gasteiger partial charge in [0.2, 0.25) is 5.91 Å². The van der Waals surface area contributed by atoms with Gasteiger partial charge in [0, 0.05) is 4.88 Å². The van der Waals surface area contributed by atoms with Crippen LogP contribution in [0.1, 0.15) is 59.8 Å². The van der Waals surface area contributed by atoms with Crippen LogP contribution in [-0.4, -0.2) is 29.6 Å². The Bertz CT molecular complexity index is 778. The van der Waals surface area contributed by atoms with Crippen molar-refractivity contribution in [1.29, 1.82) is 0 Å². The van der Waals surface area contributed by atoms with E-state index in [9.17, 15) is 19.5 Å². The first-order valence-corrected chi connectivity index (χ1v) is 10.7. The van der Waals surface area contributed by atoms with Crippen LogP contribution in [0.2, 0.25) is 0 Å². The number of carboxylic acid groups (broad SMARTS) is 1. The van der Waals surface area contributed by atoms with E-state index >= 15 is 0 Å². The van der Waals surface area contributed by atoms with Crippen LogP contribution in [0.25, 0.3) is 0 Å². The molecule has 146 valence electrons. The first-order chi connectivity index (χ1) is 13.0. The van der Waals surface area contributed by atoms with Crippen LogP contribution in [0.5, 0.6) is 0 Å². The summed E-state index contributed by atoms with van der Waals surface area (Å²) < 4.78 is 5.21. The first-order valence-electron chi connectivity index (χ1n) is 9.86. The molecule has 0 unspecified atom stereocenters. The van der Waals surface area contributed by atoms with Gasteiger partial charge >= 0.3 is 11.9 Å². The average molecular weight is 391 g/mol.